The van der Waals surface area contributed by atoms with Gasteiger partial charge in [-0.2, -0.15) is 0 Å². The number of nitrogens with one attached hydrogen (secondary N) is 1. The van der Waals surface area contributed by atoms with E-state index in [9.17, 15) is 24.0 Å². The van der Waals surface area contributed by atoms with Crippen molar-refractivity contribution < 1.29 is 33.4 Å². The van der Waals surface area contributed by atoms with E-state index < -0.39 is 42.3 Å². The van der Waals surface area contributed by atoms with E-state index in [0.29, 0.717) is 11.3 Å². The zero-order valence-electron chi connectivity index (χ0n) is 17.1. The van der Waals surface area contributed by atoms with Crippen molar-refractivity contribution in [2.24, 2.45) is 23.7 Å². The molecule has 9 nitrogen and oxygen atoms in total. The van der Waals surface area contributed by atoms with Crippen molar-refractivity contribution in [1.82, 2.24) is 4.90 Å². The molecule has 0 unspecified atom stereocenters. The molecule has 1 saturated heterocycles. The van der Waals surface area contributed by atoms with Gasteiger partial charge < -0.3 is 14.8 Å². The van der Waals surface area contributed by atoms with Crippen molar-refractivity contribution >= 4 is 35.3 Å². The number of allylic oxidation sites excluding steroid dienone is 2. The highest BCUT2D eigenvalue weighted by Crippen LogP contribution is 2.52. The minimum Gasteiger partial charge on any atom is -0.465 e. The molecule has 1 saturated carbocycles. The molecule has 9 heteroatoms. The maximum absolute atomic E-state index is 12.8. The molecule has 0 spiro atoms. The Hall–Kier alpha value is -3.49. The summed E-state index contributed by atoms with van der Waals surface area (Å²) < 4.78 is 9.63. The number of esters is 2. The fourth-order valence-electron chi connectivity index (χ4n) is 4.67. The molecule has 2 bridgehead atoms. The van der Waals surface area contributed by atoms with E-state index in [1.807, 2.05) is 12.2 Å². The number of hydrogen-bond acceptors (Lipinski definition) is 7. The van der Waals surface area contributed by atoms with Crippen LogP contribution in [0.15, 0.2) is 36.4 Å². The minimum absolute atomic E-state index is 0.0519. The van der Waals surface area contributed by atoms with E-state index in [4.69, 9.17) is 4.74 Å². The molecule has 162 valence electrons. The Bertz CT molecular complexity index is 954. The van der Waals surface area contributed by atoms with Crippen molar-refractivity contribution in [2.45, 2.75) is 19.4 Å². The van der Waals surface area contributed by atoms with Crippen molar-refractivity contribution in [3.63, 3.8) is 0 Å². The molecule has 2 fully saturated rings. The molecule has 5 atom stereocenters. The lowest BCUT2D eigenvalue weighted by atomic mass is 9.85. The Morgan fingerprint density at radius 2 is 1.65 bits per heavy atom. The normalized spacial score (nSPS) is 26.6. The van der Waals surface area contributed by atoms with Crippen LogP contribution < -0.4 is 5.32 Å². The van der Waals surface area contributed by atoms with Crippen LogP contribution in [0.1, 0.15) is 23.7 Å². The molecule has 3 aliphatic rings. The number of benzene rings is 1. The number of likely N-dealkylation sites (tertiary alicyclic amines) is 1. The quantitative estimate of drug-likeness (QED) is 0.412. The average Bonchev–Trinajstić information content (AvgIpc) is 3.45. The summed E-state index contributed by atoms with van der Waals surface area (Å²) in [6, 6.07) is 4.89. The highest BCUT2D eigenvalue weighted by molar-refractivity contribution is 6.09. The van der Waals surface area contributed by atoms with Gasteiger partial charge in [0.05, 0.1) is 24.5 Å². The molecule has 0 radical (unpaired) electrons. The first-order valence-electron chi connectivity index (χ1n) is 10.0. The van der Waals surface area contributed by atoms with Crippen LogP contribution in [0.4, 0.5) is 5.69 Å². The van der Waals surface area contributed by atoms with Gasteiger partial charge in [-0.3, -0.25) is 19.3 Å². The lowest BCUT2D eigenvalue weighted by molar-refractivity contribution is -0.159. The molecule has 1 aromatic carbocycles. The van der Waals surface area contributed by atoms with Crippen molar-refractivity contribution in [3.8, 4) is 0 Å². The largest absolute Gasteiger partial charge is 0.465 e. The van der Waals surface area contributed by atoms with Crippen LogP contribution in [0.2, 0.25) is 0 Å². The van der Waals surface area contributed by atoms with Gasteiger partial charge in [0.25, 0.3) is 5.91 Å². The summed E-state index contributed by atoms with van der Waals surface area (Å²) in [5.74, 6) is -3.28. The molecule has 1 aliphatic heterocycles. The number of hydrogen-bond donors (Lipinski definition) is 1. The highest BCUT2D eigenvalue weighted by atomic mass is 16.5. The first kappa shape index (κ1) is 20.8. The number of ether oxygens (including phenoxy) is 2. The predicted octanol–water partition coefficient (Wildman–Crippen LogP) is 1.15. The van der Waals surface area contributed by atoms with Crippen LogP contribution in [0, 0.1) is 23.7 Å². The number of methoxy groups -OCH3 is 1. The Morgan fingerprint density at radius 3 is 2.19 bits per heavy atom. The molecule has 2 aliphatic carbocycles. The molecule has 1 heterocycles. The van der Waals surface area contributed by atoms with Crippen LogP contribution in [-0.4, -0.2) is 54.3 Å². The third-order valence-corrected chi connectivity index (χ3v) is 6.17. The van der Waals surface area contributed by atoms with Gasteiger partial charge in [-0.15, -0.1) is 0 Å². The van der Waals surface area contributed by atoms with Crippen LogP contribution in [0.25, 0.3) is 0 Å². The van der Waals surface area contributed by atoms with Gasteiger partial charge in [-0.05, 0) is 49.4 Å². The van der Waals surface area contributed by atoms with Crippen LogP contribution >= 0.6 is 0 Å². The molecule has 3 amide bonds. The number of anilines is 1. The number of carbonyl (C=O) groups is 5. The number of fused-ring (bicyclic) bond motifs is 5. The maximum atomic E-state index is 12.8. The molecule has 31 heavy (non-hydrogen) atoms. The maximum Gasteiger partial charge on any atom is 0.337 e. The zero-order chi connectivity index (χ0) is 22.3. The molecule has 4 rings (SSSR count). The van der Waals surface area contributed by atoms with E-state index in [0.717, 1.165) is 11.3 Å². The monoisotopic (exact) mass is 426 g/mol. The van der Waals surface area contributed by atoms with Gasteiger partial charge >= 0.3 is 11.9 Å². The number of imide groups is 1. The van der Waals surface area contributed by atoms with Gasteiger partial charge in [0, 0.05) is 5.69 Å². The summed E-state index contributed by atoms with van der Waals surface area (Å²) in [4.78, 5) is 62.4. The Morgan fingerprint density at radius 1 is 1.06 bits per heavy atom. The fourth-order valence-corrected chi connectivity index (χ4v) is 4.67. The number of amides is 3. The van der Waals surface area contributed by atoms with Crippen LogP contribution in [0.3, 0.4) is 0 Å². The first-order valence-corrected chi connectivity index (χ1v) is 10.0. The van der Waals surface area contributed by atoms with Crippen molar-refractivity contribution in [2.75, 3.05) is 19.0 Å². The van der Waals surface area contributed by atoms with Gasteiger partial charge in [0.1, 0.15) is 6.04 Å². The summed E-state index contributed by atoms with van der Waals surface area (Å²) in [5.41, 5.74) is 0.733. The van der Waals surface area contributed by atoms with Gasteiger partial charge in [0.2, 0.25) is 11.8 Å². The summed E-state index contributed by atoms with van der Waals surface area (Å²) in [5, 5.41) is 2.54. The van der Waals surface area contributed by atoms with E-state index in [1.54, 1.807) is 0 Å². The fraction of sp³-hybridized carbons (Fsp3) is 0.409. The van der Waals surface area contributed by atoms with Gasteiger partial charge in [-0.25, -0.2) is 9.59 Å². The predicted molar refractivity (Wildman–Crippen MR) is 106 cm³/mol. The standard InChI is InChI=1S/C22H22N2O7/c1-11(24-19(26)17-13-3-4-14(9-13)18(17)20(24)27)21(28)31-10-16(25)23-15-7-5-12(6-8-15)22(29)30-2/h3-8,11,13-14,17-18H,9-10H2,1-2H3,(H,23,25)/t11-,13-,14-,17-,18-/m0/s1. The molecular weight excluding hydrogens is 404 g/mol. The number of rotatable bonds is 6. The number of carbonyl (C=O) groups excluding carboxylic acids is 5. The molecule has 0 aromatic heterocycles. The van der Waals surface area contributed by atoms with Gasteiger partial charge in [-0.1, -0.05) is 12.2 Å². The Kier molecular flexibility index (Phi) is 5.34. The molecule has 1 N–H and O–H groups in total. The second-order valence-corrected chi connectivity index (χ2v) is 7.95. The zero-order valence-corrected chi connectivity index (χ0v) is 17.1. The second-order valence-electron chi connectivity index (χ2n) is 7.95. The Balaban J connectivity index is 1.30. The van der Waals surface area contributed by atoms with Crippen LogP contribution in [0.5, 0.6) is 0 Å². The van der Waals surface area contributed by atoms with Gasteiger partial charge in [0.15, 0.2) is 6.61 Å². The summed E-state index contributed by atoms with van der Waals surface area (Å²) in [7, 11) is 1.27. The topological polar surface area (TPSA) is 119 Å². The second kappa shape index (κ2) is 7.98. The highest BCUT2D eigenvalue weighted by Gasteiger charge is 2.60. The van der Waals surface area contributed by atoms with E-state index in [-0.39, 0.29) is 23.7 Å². The van der Waals surface area contributed by atoms with E-state index in [1.165, 1.54) is 38.3 Å². The first-order chi connectivity index (χ1) is 14.8. The van der Waals surface area contributed by atoms with E-state index in [2.05, 4.69) is 10.1 Å². The van der Waals surface area contributed by atoms with Crippen molar-refractivity contribution in [3.05, 3.63) is 42.0 Å². The summed E-state index contributed by atoms with van der Waals surface area (Å²) in [6.07, 6.45) is 4.76. The van der Waals surface area contributed by atoms with E-state index >= 15 is 0 Å². The third kappa shape index (κ3) is 3.60. The third-order valence-electron chi connectivity index (χ3n) is 6.17. The average molecular weight is 426 g/mol. The lowest BCUT2D eigenvalue weighted by Gasteiger charge is -2.23. The minimum atomic E-state index is -1.10. The number of nitrogens with zero attached hydrogens (tertiary/aromatic N) is 1. The Labute approximate surface area is 178 Å². The lowest BCUT2D eigenvalue weighted by Crippen LogP contribution is -2.45. The SMILES string of the molecule is COC(=O)c1ccc(NC(=O)COC(=O)[C@H](C)N2C(=O)[C@@H]3[C@@H](C2=O)[C@H]2C=C[C@H]3C2)cc1. The molecular formula is C22H22N2O7. The summed E-state index contributed by atoms with van der Waals surface area (Å²) >= 11 is 0. The van der Waals surface area contributed by atoms with Crippen molar-refractivity contribution in [1.29, 1.82) is 0 Å². The molecule has 1 aromatic rings. The van der Waals surface area contributed by atoms with Crippen LogP contribution in [-0.2, 0) is 28.7 Å². The smallest absolute Gasteiger partial charge is 0.337 e. The summed E-state index contributed by atoms with van der Waals surface area (Å²) in [6.45, 7) is 0.857.